The molecule has 1 fully saturated rings. The molecule has 1 aliphatic rings. The van der Waals surface area contributed by atoms with Gasteiger partial charge in [-0.15, -0.1) is 0 Å². The van der Waals surface area contributed by atoms with E-state index in [9.17, 15) is 27.9 Å². The van der Waals surface area contributed by atoms with Crippen LogP contribution in [0.15, 0.2) is 91.0 Å². The lowest BCUT2D eigenvalue weighted by molar-refractivity contribution is -0.137. The number of alkyl halides is 3. The molecule has 6 nitrogen and oxygen atoms in total. The first-order chi connectivity index (χ1) is 21.7. The SMILES string of the molecule is CC.O=C(O)c1ccc2c(c1)nc(-c1ccc(NC(=O)c3ccccc3-c3ccc(C(F)(F)F)cc3)cc1)n2C1CCCCC1. The zero-order valence-electron chi connectivity index (χ0n) is 25.1. The van der Waals surface area contributed by atoms with Gasteiger partial charge in [0, 0.05) is 22.9 Å². The highest BCUT2D eigenvalue weighted by Gasteiger charge is 2.30. The van der Waals surface area contributed by atoms with Crippen LogP contribution in [0.1, 0.15) is 78.3 Å². The smallest absolute Gasteiger partial charge is 0.416 e. The number of hydrogen-bond donors (Lipinski definition) is 2. The van der Waals surface area contributed by atoms with Gasteiger partial charge in [-0.25, -0.2) is 9.78 Å². The van der Waals surface area contributed by atoms with Gasteiger partial charge < -0.3 is 15.0 Å². The van der Waals surface area contributed by atoms with Crippen LogP contribution in [0.3, 0.4) is 0 Å². The molecular formula is C36H34F3N3O3. The van der Waals surface area contributed by atoms with E-state index in [1.54, 1.807) is 48.5 Å². The number of carbonyl (C=O) groups is 2. The van der Waals surface area contributed by atoms with Gasteiger partial charge in [-0.1, -0.05) is 63.4 Å². The first kappa shape index (κ1) is 31.5. The summed E-state index contributed by atoms with van der Waals surface area (Å²) in [4.78, 5) is 29.7. The highest BCUT2D eigenvalue weighted by atomic mass is 19.4. The average molecular weight is 614 g/mol. The molecule has 232 valence electrons. The molecule has 0 bridgehead atoms. The fourth-order valence-electron chi connectivity index (χ4n) is 5.82. The molecule has 2 N–H and O–H groups in total. The van der Waals surface area contributed by atoms with E-state index in [0.29, 0.717) is 27.9 Å². The van der Waals surface area contributed by atoms with Crippen LogP contribution in [-0.2, 0) is 6.18 Å². The van der Waals surface area contributed by atoms with Gasteiger partial charge in [0.25, 0.3) is 5.91 Å². The van der Waals surface area contributed by atoms with Crippen molar-refractivity contribution >= 4 is 28.6 Å². The summed E-state index contributed by atoms with van der Waals surface area (Å²) in [7, 11) is 0. The Morgan fingerprint density at radius 1 is 0.844 bits per heavy atom. The van der Waals surface area contributed by atoms with Gasteiger partial charge in [-0.2, -0.15) is 13.2 Å². The molecule has 1 aromatic heterocycles. The Morgan fingerprint density at radius 3 is 2.13 bits per heavy atom. The highest BCUT2D eigenvalue weighted by Crippen LogP contribution is 2.37. The van der Waals surface area contributed by atoms with Crippen LogP contribution in [-0.4, -0.2) is 26.5 Å². The van der Waals surface area contributed by atoms with E-state index in [-0.39, 0.29) is 17.5 Å². The minimum atomic E-state index is -4.44. The number of fused-ring (bicyclic) bond motifs is 1. The average Bonchev–Trinajstić information content (AvgIpc) is 3.45. The lowest BCUT2D eigenvalue weighted by Crippen LogP contribution is -2.14. The van der Waals surface area contributed by atoms with E-state index in [0.717, 1.165) is 54.7 Å². The second-order valence-corrected chi connectivity index (χ2v) is 10.8. The molecule has 1 saturated carbocycles. The molecule has 0 aliphatic heterocycles. The number of benzene rings is 4. The minimum absolute atomic E-state index is 0.182. The quantitative estimate of drug-likeness (QED) is 0.200. The van der Waals surface area contributed by atoms with Gasteiger partial charge in [0.05, 0.1) is 22.2 Å². The maximum absolute atomic E-state index is 13.3. The Morgan fingerprint density at radius 2 is 1.49 bits per heavy atom. The molecular weight excluding hydrogens is 579 g/mol. The number of nitrogens with one attached hydrogen (secondary N) is 1. The third kappa shape index (κ3) is 6.77. The lowest BCUT2D eigenvalue weighted by atomic mass is 9.94. The molecule has 9 heteroatoms. The summed E-state index contributed by atoms with van der Waals surface area (Å²) < 4.78 is 41.3. The second kappa shape index (κ2) is 13.4. The number of rotatable bonds is 6. The van der Waals surface area contributed by atoms with E-state index >= 15 is 0 Å². The first-order valence-corrected chi connectivity index (χ1v) is 15.1. The molecule has 45 heavy (non-hydrogen) atoms. The van der Waals surface area contributed by atoms with E-state index in [1.807, 2.05) is 32.0 Å². The van der Waals surface area contributed by atoms with Gasteiger partial charge in [0.2, 0.25) is 0 Å². The third-order valence-electron chi connectivity index (χ3n) is 7.97. The van der Waals surface area contributed by atoms with Crippen molar-refractivity contribution in [1.82, 2.24) is 9.55 Å². The normalized spacial score (nSPS) is 13.6. The van der Waals surface area contributed by atoms with Crippen molar-refractivity contribution in [2.45, 2.75) is 58.2 Å². The van der Waals surface area contributed by atoms with E-state index in [4.69, 9.17) is 4.98 Å². The van der Waals surface area contributed by atoms with E-state index in [2.05, 4.69) is 9.88 Å². The Labute approximate surface area is 259 Å². The van der Waals surface area contributed by atoms with Crippen LogP contribution in [0, 0.1) is 0 Å². The van der Waals surface area contributed by atoms with Crippen molar-refractivity contribution in [2.75, 3.05) is 5.32 Å². The number of carboxylic acids is 1. The number of nitrogens with zero attached hydrogens (tertiary/aromatic N) is 2. The van der Waals surface area contributed by atoms with Crippen LogP contribution in [0.25, 0.3) is 33.5 Å². The van der Waals surface area contributed by atoms with Crippen LogP contribution >= 0.6 is 0 Å². The molecule has 0 saturated heterocycles. The topological polar surface area (TPSA) is 84.2 Å². The summed E-state index contributed by atoms with van der Waals surface area (Å²) >= 11 is 0. The van der Waals surface area contributed by atoms with Gasteiger partial charge in [0.1, 0.15) is 5.82 Å². The number of aromatic carboxylic acids is 1. The largest absolute Gasteiger partial charge is 0.478 e. The Balaban J connectivity index is 0.00000196. The summed E-state index contributed by atoms with van der Waals surface area (Å²) in [5, 5.41) is 12.4. The number of imidazole rings is 1. The molecule has 1 amide bonds. The summed E-state index contributed by atoms with van der Waals surface area (Å²) in [6.07, 6.45) is 1.03. The van der Waals surface area contributed by atoms with E-state index in [1.165, 1.54) is 18.6 Å². The number of aromatic nitrogens is 2. The van der Waals surface area contributed by atoms with Gasteiger partial charge in [-0.05, 0) is 84.6 Å². The Kier molecular flexibility index (Phi) is 9.37. The summed E-state index contributed by atoms with van der Waals surface area (Å²) in [6.45, 7) is 4.00. The molecule has 4 aromatic carbocycles. The van der Waals surface area contributed by atoms with Crippen molar-refractivity contribution < 1.29 is 27.9 Å². The molecule has 1 aliphatic carbocycles. The second-order valence-electron chi connectivity index (χ2n) is 10.8. The molecule has 6 rings (SSSR count). The van der Waals surface area contributed by atoms with Crippen molar-refractivity contribution in [3.63, 3.8) is 0 Å². The first-order valence-electron chi connectivity index (χ1n) is 15.1. The molecule has 5 aromatic rings. The molecule has 0 radical (unpaired) electrons. The van der Waals surface area contributed by atoms with Gasteiger partial charge in [0.15, 0.2) is 0 Å². The summed E-state index contributed by atoms with van der Waals surface area (Å²) in [6, 6.07) is 24.1. The maximum Gasteiger partial charge on any atom is 0.416 e. The van der Waals surface area contributed by atoms with Crippen molar-refractivity contribution in [2.24, 2.45) is 0 Å². The number of carbonyl (C=O) groups excluding carboxylic acids is 1. The molecule has 0 unspecified atom stereocenters. The fraction of sp³-hybridized carbons (Fsp3) is 0.250. The zero-order chi connectivity index (χ0) is 32.1. The van der Waals surface area contributed by atoms with Crippen LogP contribution in [0.5, 0.6) is 0 Å². The lowest BCUT2D eigenvalue weighted by Gasteiger charge is -2.25. The number of hydrogen-bond acceptors (Lipinski definition) is 3. The minimum Gasteiger partial charge on any atom is -0.478 e. The maximum atomic E-state index is 13.3. The van der Waals surface area contributed by atoms with Crippen LogP contribution in [0.2, 0.25) is 0 Å². The number of amides is 1. The third-order valence-corrected chi connectivity index (χ3v) is 7.97. The van der Waals surface area contributed by atoms with Gasteiger partial charge in [-0.3, -0.25) is 4.79 Å². The fourth-order valence-corrected chi connectivity index (χ4v) is 5.82. The Bertz CT molecular complexity index is 1800. The predicted octanol–water partition coefficient (Wildman–Crippen LogP) is 9.87. The number of carboxylic acid groups (broad SMARTS) is 1. The van der Waals surface area contributed by atoms with Crippen LogP contribution < -0.4 is 5.32 Å². The molecule has 0 spiro atoms. The van der Waals surface area contributed by atoms with Crippen molar-refractivity contribution in [1.29, 1.82) is 0 Å². The summed E-state index contributed by atoms with van der Waals surface area (Å²) in [5.74, 6) is -0.649. The predicted molar refractivity (Wildman–Crippen MR) is 170 cm³/mol. The zero-order valence-corrected chi connectivity index (χ0v) is 25.1. The van der Waals surface area contributed by atoms with Crippen LogP contribution in [0.4, 0.5) is 18.9 Å². The summed E-state index contributed by atoms with van der Waals surface area (Å²) in [5.41, 5.74) is 3.68. The Hall–Kier alpha value is -4.92. The highest BCUT2D eigenvalue weighted by molar-refractivity contribution is 6.08. The number of anilines is 1. The molecule has 1 heterocycles. The van der Waals surface area contributed by atoms with Crippen molar-refractivity contribution in [3.05, 3.63) is 108 Å². The monoisotopic (exact) mass is 613 g/mol. The van der Waals surface area contributed by atoms with Crippen molar-refractivity contribution in [3.8, 4) is 22.5 Å². The van der Waals surface area contributed by atoms with Gasteiger partial charge >= 0.3 is 12.1 Å². The van der Waals surface area contributed by atoms with E-state index < -0.39 is 17.7 Å². The number of halogens is 3. The standard InChI is InChI=1S/C34H28F3N3O3.C2H6/c35-34(36,37)24-15-10-21(11-16-24)27-8-4-5-9-28(27)32(41)38-25-17-12-22(13-18-25)31-39-29-20-23(33(42)43)14-19-30(29)40(31)26-6-2-1-3-7-26;1-2/h4-5,8-20,26H,1-3,6-7H2,(H,38,41)(H,42,43);1-2H3. The molecule has 0 atom stereocenters.